The van der Waals surface area contributed by atoms with E-state index < -0.39 is 6.10 Å². The number of nitrogens with zero attached hydrogens (tertiary/aromatic N) is 5. The zero-order valence-corrected chi connectivity index (χ0v) is 13.5. The molecule has 1 aliphatic heterocycles. The molecule has 1 N–H and O–H groups in total. The molecule has 122 valence electrons. The lowest BCUT2D eigenvalue weighted by Gasteiger charge is -2.34. The van der Waals surface area contributed by atoms with Crippen molar-refractivity contribution in [3.8, 4) is 0 Å². The molecule has 0 amide bonds. The molecule has 0 radical (unpaired) electrons. The molecule has 1 saturated heterocycles. The fourth-order valence-corrected chi connectivity index (χ4v) is 3.40. The highest BCUT2D eigenvalue weighted by atomic mass is 16.3. The number of anilines is 1. The predicted octanol–water partition coefficient (Wildman–Crippen LogP) is 2.04. The van der Waals surface area contributed by atoms with Crippen molar-refractivity contribution in [2.24, 2.45) is 13.0 Å². The van der Waals surface area contributed by atoms with Crippen LogP contribution >= 0.6 is 0 Å². The highest BCUT2D eigenvalue weighted by molar-refractivity contribution is 5.38. The standard InChI is InChI=1S/C17H23N5O/c1-21-11-8-19-17(21)15(23)12-5-9-22(10-6-12)14-4-7-18-16(20-14)13-2-3-13/h4,7-8,11-13,15,23H,2-3,5-6,9-10H2,1H3. The van der Waals surface area contributed by atoms with Gasteiger partial charge in [-0.15, -0.1) is 0 Å². The van der Waals surface area contributed by atoms with Crippen LogP contribution in [0.3, 0.4) is 0 Å². The molecule has 0 aromatic carbocycles. The van der Waals surface area contributed by atoms with Gasteiger partial charge in [0, 0.05) is 44.6 Å². The van der Waals surface area contributed by atoms with Crippen molar-refractivity contribution < 1.29 is 5.11 Å². The molecule has 1 atom stereocenters. The normalized spacial score (nSPS) is 20.7. The minimum Gasteiger partial charge on any atom is -0.385 e. The Labute approximate surface area is 136 Å². The first-order valence-electron chi connectivity index (χ1n) is 8.45. The van der Waals surface area contributed by atoms with Gasteiger partial charge in [0.05, 0.1) is 0 Å². The lowest BCUT2D eigenvalue weighted by molar-refractivity contribution is 0.0824. The van der Waals surface area contributed by atoms with Crippen LogP contribution in [0.25, 0.3) is 0 Å². The summed E-state index contributed by atoms with van der Waals surface area (Å²) in [6.45, 7) is 1.85. The number of rotatable bonds is 4. The molecular formula is C17H23N5O. The Bertz CT molecular complexity index is 673. The second-order valence-corrected chi connectivity index (χ2v) is 6.71. The molecule has 1 saturated carbocycles. The average Bonchev–Trinajstić information content (AvgIpc) is 3.36. The van der Waals surface area contributed by atoms with Gasteiger partial charge in [0.1, 0.15) is 23.6 Å². The van der Waals surface area contributed by atoms with Crippen LogP contribution in [0.1, 0.15) is 49.4 Å². The van der Waals surface area contributed by atoms with E-state index in [-0.39, 0.29) is 5.92 Å². The van der Waals surface area contributed by atoms with Gasteiger partial charge in [-0.3, -0.25) is 0 Å². The third kappa shape index (κ3) is 2.95. The predicted molar refractivity (Wildman–Crippen MR) is 87.1 cm³/mol. The van der Waals surface area contributed by atoms with Crippen LogP contribution in [0.2, 0.25) is 0 Å². The minimum absolute atomic E-state index is 0.261. The summed E-state index contributed by atoms with van der Waals surface area (Å²) in [4.78, 5) is 15.7. The highest BCUT2D eigenvalue weighted by Gasteiger charge is 2.30. The van der Waals surface area contributed by atoms with Gasteiger partial charge in [-0.1, -0.05) is 0 Å². The summed E-state index contributed by atoms with van der Waals surface area (Å²) >= 11 is 0. The van der Waals surface area contributed by atoms with Gasteiger partial charge in [0.25, 0.3) is 0 Å². The molecular weight excluding hydrogens is 290 g/mol. The van der Waals surface area contributed by atoms with Crippen LogP contribution in [0.15, 0.2) is 24.7 Å². The van der Waals surface area contributed by atoms with Crippen LogP contribution in [0.5, 0.6) is 0 Å². The summed E-state index contributed by atoms with van der Waals surface area (Å²) in [7, 11) is 1.93. The van der Waals surface area contributed by atoms with E-state index in [4.69, 9.17) is 4.98 Å². The molecule has 3 heterocycles. The van der Waals surface area contributed by atoms with E-state index in [2.05, 4.69) is 14.9 Å². The van der Waals surface area contributed by atoms with Crippen LogP contribution in [-0.2, 0) is 7.05 Å². The summed E-state index contributed by atoms with van der Waals surface area (Å²) in [6.07, 6.45) is 9.38. The number of hydrogen-bond donors (Lipinski definition) is 1. The Morgan fingerprint density at radius 3 is 2.57 bits per heavy atom. The molecule has 2 fully saturated rings. The van der Waals surface area contributed by atoms with Gasteiger partial charge in [-0.2, -0.15) is 0 Å². The Balaban J connectivity index is 1.41. The monoisotopic (exact) mass is 313 g/mol. The minimum atomic E-state index is -0.482. The summed E-state index contributed by atoms with van der Waals surface area (Å²) in [5.74, 6) is 3.64. The summed E-state index contributed by atoms with van der Waals surface area (Å²) < 4.78 is 1.91. The lowest BCUT2D eigenvalue weighted by Crippen LogP contribution is -2.36. The van der Waals surface area contributed by atoms with E-state index in [1.165, 1.54) is 12.8 Å². The van der Waals surface area contributed by atoms with Crippen LogP contribution < -0.4 is 4.90 Å². The molecule has 2 aromatic heterocycles. The first-order chi connectivity index (χ1) is 11.2. The maximum atomic E-state index is 10.6. The highest BCUT2D eigenvalue weighted by Crippen LogP contribution is 2.38. The van der Waals surface area contributed by atoms with Gasteiger partial charge in [-0.05, 0) is 37.7 Å². The number of piperidine rings is 1. The Morgan fingerprint density at radius 1 is 1.13 bits per heavy atom. The third-order valence-electron chi connectivity index (χ3n) is 5.04. The molecule has 1 unspecified atom stereocenters. The van der Waals surface area contributed by atoms with Crippen molar-refractivity contribution in [3.05, 3.63) is 36.3 Å². The number of aromatic nitrogens is 4. The van der Waals surface area contributed by atoms with Gasteiger partial charge in [-0.25, -0.2) is 15.0 Å². The van der Waals surface area contributed by atoms with Crippen molar-refractivity contribution in [2.75, 3.05) is 18.0 Å². The van der Waals surface area contributed by atoms with Crippen LogP contribution in [-0.4, -0.2) is 37.7 Å². The molecule has 0 bridgehead atoms. The van der Waals surface area contributed by atoms with E-state index in [1.54, 1.807) is 6.20 Å². The molecule has 6 heteroatoms. The fourth-order valence-electron chi connectivity index (χ4n) is 3.40. The van der Waals surface area contributed by atoms with Gasteiger partial charge in [0.2, 0.25) is 0 Å². The van der Waals surface area contributed by atoms with Crippen LogP contribution in [0.4, 0.5) is 5.82 Å². The van der Waals surface area contributed by atoms with Crippen molar-refractivity contribution in [2.45, 2.75) is 37.7 Å². The van der Waals surface area contributed by atoms with Crippen molar-refractivity contribution in [3.63, 3.8) is 0 Å². The van der Waals surface area contributed by atoms with Crippen LogP contribution in [0, 0.1) is 5.92 Å². The van der Waals surface area contributed by atoms with E-state index in [0.29, 0.717) is 5.92 Å². The van der Waals surface area contributed by atoms with E-state index in [1.807, 2.05) is 30.1 Å². The Hall–Kier alpha value is -1.95. The van der Waals surface area contributed by atoms with Crippen molar-refractivity contribution in [1.29, 1.82) is 0 Å². The number of aliphatic hydroxyl groups is 1. The molecule has 6 nitrogen and oxygen atoms in total. The number of aryl methyl sites for hydroxylation is 1. The zero-order chi connectivity index (χ0) is 15.8. The quantitative estimate of drug-likeness (QED) is 0.935. The summed E-state index contributed by atoms with van der Waals surface area (Å²) in [5, 5.41) is 10.6. The molecule has 2 aromatic rings. The summed E-state index contributed by atoms with van der Waals surface area (Å²) in [6, 6.07) is 2.00. The van der Waals surface area contributed by atoms with Gasteiger partial charge >= 0.3 is 0 Å². The Morgan fingerprint density at radius 2 is 1.91 bits per heavy atom. The molecule has 0 spiro atoms. The average molecular weight is 313 g/mol. The zero-order valence-electron chi connectivity index (χ0n) is 13.5. The first kappa shape index (κ1) is 14.6. The molecule has 1 aliphatic carbocycles. The van der Waals surface area contributed by atoms with Gasteiger partial charge in [0.15, 0.2) is 0 Å². The maximum Gasteiger partial charge on any atom is 0.137 e. The largest absolute Gasteiger partial charge is 0.385 e. The van der Waals surface area contributed by atoms with E-state index in [9.17, 15) is 5.11 Å². The second kappa shape index (κ2) is 5.92. The van der Waals surface area contributed by atoms with Crippen molar-refractivity contribution >= 4 is 5.82 Å². The SMILES string of the molecule is Cn1ccnc1C(O)C1CCN(c2ccnc(C3CC3)n2)CC1. The second-order valence-electron chi connectivity index (χ2n) is 6.71. The van der Waals surface area contributed by atoms with E-state index >= 15 is 0 Å². The number of hydrogen-bond acceptors (Lipinski definition) is 5. The molecule has 23 heavy (non-hydrogen) atoms. The summed E-state index contributed by atoms with van der Waals surface area (Å²) in [5.41, 5.74) is 0. The third-order valence-corrected chi connectivity index (χ3v) is 5.04. The number of aliphatic hydroxyl groups excluding tert-OH is 1. The van der Waals surface area contributed by atoms with Crippen molar-refractivity contribution in [1.82, 2.24) is 19.5 Å². The number of imidazole rings is 1. The smallest absolute Gasteiger partial charge is 0.137 e. The fraction of sp³-hybridized carbons (Fsp3) is 0.588. The van der Waals surface area contributed by atoms with E-state index in [0.717, 1.165) is 43.4 Å². The molecule has 2 aliphatic rings. The lowest BCUT2D eigenvalue weighted by atomic mass is 9.90. The topological polar surface area (TPSA) is 67.1 Å². The molecule has 4 rings (SSSR count). The maximum absolute atomic E-state index is 10.6. The first-order valence-corrected chi connectivity index (χ1v) is 8.45. The van der Waals surface area contributed by atoms with Gasteiger partial charge < -0.3 is 14.6 Å². The Kier molecular flexibility index (Phi) is 3.77.